The summed E-state index contributed by atoms with van der Waals surface area (Å²) in [5, 5.41) is 13.1. The molecule has 0 spiro atoms. The predicted molar refractivity (Wildman–Crippen MR) is 77.5 cm³/mol. The Morgan fingerprint density at radius 3 is 2.90 bits per heavy atom. The fourth-order valence-corrected chi connectivity index (χ4v) is 2.89. The van der Waals surface area contributed by atoms with Gasteiger partial charge in [-0.05, 0) is 47.0 Å². The second kappa shape index (κ2) is 4.97. The van der Waals surface area contributed by atoms with E-state index in [4.69, 9.17) is 5.11 Å². The van der Waals surface area contributed by atoms with Crippen LogP contribution in [0.2, 0.25) is 0 Å². The van der Waals surface area contributed by atoms with E-state index in [0.29, 0.717) is 17.6 Å². The molecule has 1 aromatic carbocycles. The van der Waals surface area contributed by atoms with Crippen LogP contribution in [0.4, 0.5) is 0 Å². The third-order valence-corrected chi connectivity index (χ3v) is 3.96. The Labute approximate surface area is 118 Å². The van der Waals surface area contributed by atoms with Gasteiger partial charge in [0.2, 0.25) is 0 Å². The Bertz CT molecular complexity index is 815. The quantitative estimate of drug-likeness (QED) is 0.773. The number of imidazole rings is 1. The van der Waals surface area contributed by atoms with E-state index in [9.17, 15) is 9.59 Å². The maximum absolute atomic E-state index is 11.9. The number of hydrogen-bond acceptors (Lipinski definition) is 3. The number of rotatable bonds is 4. The summed E-state index contributed by atoms with van der Waals surface area (Å²) >= 11 is 1.62. The van der Waals surface area contributed by atoms with Crippen molar-refractivity contribution in [1.82, 2.24) is 9.55 Å². The molecular formula is C14H12N2O3S. The Morgan fingerprint density at radius 1 is 1.35 bits per heavy atom. The van der Waals surface area contributed by atoms with Gasteiger partial charge < -0.3 is 10.1 Å². The summed E-state index contributed by atoms with van der Waals surface area (Å²) in [6.07, 6.45) is 0.744. The van der Waals surface area contributed by atoms with E-state index in [1.54, 1.807) is 22.0 Å². The second-order valence-corrected chi connectivity index (χ2v) is 5.28. The summed E-state index contributed by atoms with van der Waals surface area (Å²) in [7, 11) is 0. The van der Waals surface area contributed by atoms with Gasteiger partial charge in [-0.25, -0.2) is 9.59 Å². The lowest BCUT2D eigenvalue weighted by Gasteiger charge is -2.03. The first-order chi connectivity index (χ1) is 9.65. The summed E-state index contributed by atoms with van der Waals surface area (Å²) in [6, 6.07) is 6.67. The van der Waals surface area contributed by atoms with Crippen LogP contribution in [0.15, 0.2) is 39.8 Å². The van der Waals surface area contributed by atoms with Crippen LogP contribution in [0.1, 0.15) is 15.9 Å². The fraction of sp³-hybridized carbons (Fsp3) is 0.143. The number of H-pyrrole nitrogens is 1. The highest BCUT2D eigenvalue weighted by Crippen LogP contribution is 2.14. The van der Waals surface area contributed by atoms with Gasteiger partial charge in [0.05, 0.1) is 16.6 Å². The number of benzene rings is 1. The molecule has 2 aromatic heterocycles. The van der Waals surface area contributed by atoms with Gasteiger partial charge in [-0.2, -0.15) is 11.3 Å². The summed E-state index contributed by atoms with van der Waals surface area (Å²) < 4.78 is 1.58. The number of aromatic carboxylic acids is 1. The number of aryl methyl sites for hydroxylation is 2. The summed E-state index contributed by atoms with van der Waals surface area (Å²) in [6.45, 7) is 0.526. The first kappa shape index (κ1) is 12.7. The van der Waals surface area contributed by atoms with Crippen LogP contribution in [-0.4, -0.2) is 20.6 Å². The molecule has 0 amide bonds. The first-order valence-electron chi connectivity index (χ1n) is 6.12. The van der Waals surface area contributed by atoms with Crippen LogP contribution in [0.25, 0.3) is 11.0 Å². The Balaban J connectivity index is 2.00. The third kappa shape index (κ3) is 2.25. The molecule has 5 nitrogen and oxygen atoms in total. The largest absolute Gasteiger partial charge is 0.478 e. The van der Waals surface area contributed by atoms with E-state index in [1.807, 2.05) is 16.8 Å². The molecule has 6 heteroatoms. The topological polar surface area (TPSA) is 75.1 Å². The van der Waals surface area contributed by atoms with Gasteiger partial charge in [-0.15, -0.1) is 0 Å². The zero-order valence-corrected chi connectivity index (χ0v) is 11.3. The van der Waals surface area contributed by atoms with Crippen LogP contribution >= 0.6 is 11.3 Å². The zero-order valence-electron chi connectivity index (χ0n) is 10.5. The number of carboxylic acids is 1. The van der Waals surface area contributed by atoms with Gasteiger partial charge >= 0.3 is 11.7 Å². The Morgan fingerprint density at radius 2 is 2.20 bits per heavy atom. The highest BCUT2D eigenvalue weighted by molar-refractivity contribution is 7.07. The predicted octanol–water partition coefficient (Wildman–Crippen LogP) is 2.33. The van der Waals surface area contributed by atoms with Crippen LogP contribution in [0.5, 0.6) is 0 Å². The maximum Gasteiger partial charge on any atom is 0.335 e. The fourth-order valence-electron chi connectivity index (χ4n) is 2.18. The molecule has 20 heavy (non-hydrogen) atoms. The van der Waals surface area contributed by atoms with Gasteiger partial charge in [0, 0.05) is 6.54 Å². The Kier molecular flexibility index (Phi) is 3.15. The molecule has 0 fully saturated rings. The van der Waals surface area contributed by atoms with Gasteiger partial charge in [0.25, 0.3) is 0 Å². The minimum absolute atomic E-state index is 0.181. The molecule has 102 valence electrons. The molecule has 3 rings (SSSR count). The standard InChI is InChI=1S/C14H12N2O3S/c17-13(18)10-1-2-11-12(7-10)16(14(19)15-11)5-3-9-4-6-20-8-9/h1-2,4,6-8H,3,5H2,(H,15,19)(H,17,18). The second-order valence-electron chi connectivity index (χ2n) is 4.50. The minimum atomic E-state index is -0.995. The van der Waals surface area contributed by atoms with Crippen molar-refractivity contribution in [3.8, 4) is 0 Å². The minimum Gasteiger partial charge on any atom is -0.478 e. The van der Waals surface area contributed by atoms with Crippen LogP contribution < -0.4 is 5.69 Å². The van der Waals surface area contributed by atoms with Gasteiger partial charge in [0.15, 0.2) is 0 Å². The van der Waals surface area contributed by atoms with Gasteiger partial charge in [-0.1, -0.05) is 0 Å². The smallest absolute Gasteiger partial charge is 0.335 e. The van der Waals surface area contributed by atoms with Crippen LogP contribution in [0, 0.1) is 0 Å². The molecule has 0 atom stereocenters. The van der Waals surface area contributed by atoms with E-state index in [2.05, 4.69) is 4.98 Å². The number of carbonyl (C=O) groups is 1. The van der Waals surface area contributed by atoms with Gasteiger partial charge in [-0.3, -0.25) is 4.57 Å². The van der Waals surface area contributed by atoms with E-state index >= 15 is 0 Å². The molecule has 0 unspecified atom stereocenters. The molecule has 2 heterocycles. The van der Waals surface area contributed by atoms with E-state index in [-0.39, 0.29) is 11.3 Å². The molecule has 3 aromatic rings. The number of aromatic nitrogens is 2. The lowest BCUT2D eigenvalue weighted by molar-refractivity contribution is 0.0697. The number of hydrogen-bond donors (Lipinski definition) is 2. The van der Waals surface area contributed by atoms with Crippen molar-refractivity contribution >= 4 is 28.3 Å². The van der Waals surface area contributed by atoms with E-state index in [1.165, 1.54) is 17.7 Å². The number of carboxylic acid groups (broad SMARTS) is 1. The normalized spacial score (nSPS) is 11.0. The van der Waals surface area contributed by atoms with Crippen molar-refractivity contribution in [3.63, 3.8) is 0 Å². The Hall–Kier alpha value is -2.34. The molecule has 0 bridgehead atoms. The molecule has 2 N–H and O–H groups in total. The number of fused-ring (bicyclic) bond motifs is 1. The van der Waals surface area contributed by atoms with Crippen LogP contribution in [0.3, 0.4) is 0 Å². The average Bonchev–Trinajstić information content (AvgIpc) is 3.02. The number of nitrogens with one attached hydrogen (secondary N) is 1. The number of nitrogens with zero attached hydrogens (tertiary/aromatic N) is 1. The van der Waals surface area contributed by atoms with E-state index < -0.39 is 5.97 Å². The molecule has 0 saturated heterocycles. The van der Waals surface area contributed by atoms with Crippen molar-refractivity contribution in [1.29, 1.82) is 0 Å². The lowest BCUT2D eigenvalue weighted by atomic mass is 10.2. The van der Waals surface area contributed by atoms with E-state index in [0.717, 1.165) is 6.42 Å². The van der Waals surface area contributed by atoms with Crippen molar-refractivity contribution in [2.24, 2.45) is 0 Å². The third-order valence-electron chi connectivity index (χ3n) is 3.23. The SMILES string of the molecule is O=C(O)c1ccc2[nH]c(=O)n(CCc3ccsc3)c2c1. The first-order valence-corrected chi connectivity index (χ1v) is 7.06. The number of thiophene rings is 1. The molecule has 0 saturated carbocycles. The van der Waals surface area contributed by atoms with Crippen molar-refractivity contribution in [2.75, 3.05) is 0 Å². The molecule has 0 aliphatic carbocycles. The summed E-state index contributed by atoms with van der Waals surface area (Å²) in [4.78, 5) is 25.7. The number of aromatic amines is 1. The van der Waals surface area contributed by atoms with Crippen molar-refractivity contribution in [3.05, 3.63) is 56.6 Å². The van der Waals surface area contributed by atoms with Crippen LogP contribution in [-0.2, 0) is 13.0 Å². The van der Waals surface area contributed by atoms with Crippen molar-refractivity contribution < 1.29 is 9.90 Å². The van der Waals surface area contributed by atoms with Gasteiger partial charge in [0.1, 0.15) is 0 Å². The van der Waals surface area contributed by atoms with Crippen molar-refractivity contribution in [2.45, 2.75) is 13.0 Å². The monoisotopic (exact) mass is 288 g/mol. The average molecular weight is 288 g/mol. The summed E-state index contributed by atoms with van der Waals surface area (Å²) in [5.41, 5.74) is 2.43. The zero-order chi connectivity index (χ0) is 14.1. The highest BCUT2D eigenvalue weighted by Gasteiger charge is 2.10. The maximum atomic E-state index is 11.9. The molecule has 0 radical (unpaired) electrons. The summed E-state index contributed by atoms with van der Waals surface area (Å²) in [5.74, 6) is -0.995. The highest BCUT2D eigenvalue weighted by atomic mass is 32.1. The molecule has 0 aliphatic rings. The lowest BCUT2D eigenvalue weighted by Crippen LogP contribution is -2.17. The molecular weight excluding hydrogens is 276 g/mol. The molecule has 0 aliphatic heterocycles.